The van der Waals surface area contributed by atoms with Gasteiger partial charge in [0.15, 0.2) is 0 Å². The van der Waals surface area contributed by atoms with Crippen LogP contribution in [0.15, 0.2) is 30.5 Å². The molecule has 2 fully saturated rings. The first kappa shape index (κ1) is 19.6. The van der Waals surface area contributed by atoms with Gasteiger partial charge in [-0.05, 0) is 64.0 Å². The van der Waals surface area contributed by atoms with Crippen LogP contribution in [-0.4, -0.2) is 64.6 Å². The number of carbonyl (C=O) groups is 2. The lowest BCUT2D eigenvalue weighted by atomic mass is 9.85. The molecule has 0 atom stereocenters. The molecule has 0 bridgehead atoms. The van der Waals surface area contributed by atoms with Crippen molar-refractivity contribution >= 4 is 17.5 Å². The van der Waals surface area contributed by atoms with Gasteiger partial charge in [0.2, 0.25) is 5.91 Å². The highest BCUT2D eigenvalue weighted by Crippen LogP contribution is 2.28. The van der Waals surface area contributed by atoms with Crippen LogP contribution in [0.5, 0.6) is 0 Å². The van der Waals surface area contributed by atoms with Gasteiger partial charge in [-0.15, -0.1) is 0 Å². The molecule has 1 aliphatic heterocycles. The summed E-state index contributed by atoms with van der Waals surface area (Å²) in [5, 5.41) is 7.52. The van der Waals surface area contributed by atoms with Gasteiger partial charge in [-0.1, -0.05) is 6.42 Å². The van der Waals surface area contributed by atoms with E-state index in [4.69, 9.17) is 0 Å². The van der Waals surface area contributed by atoms with Gasteiger partial charge in [0.1, 0.15) is 0 Å². The summed E-state index contributed by atoms with van der Waals surface area (Å²) in [7, 11) is 2.09. The number of amides is 2. The van der Waals surface area contributed by atoms with Crippen LogP contribution in [-0.2, 0) is 4.79 Å². The highest BCUT2D eigenvalue weighted by Gasteiger charge is 2.26. The van der Waals surface area contributed by atoms with Crippen molar-refractivity contribution in [3.05, 3.63) is 41.7 Å². The summed E-state index contributed by atoms with van der Waals surface area (Å²) < 4.78 is 1.75. The predicted octanol–water partition coefficient (Wildman–Crippen LogP) is 2.70. The smallest absolute Gasteiger partial charge is 0.253 e. The fourth-order valence-corrected chi connectivity index (χ4v) is 3.81. The van der Waals surface area contributed by atoms with Gasteiger partial charge >= 0.3 is 0 Å². The highest BCUT2D eigenvalue weighted by atomic mass is 16.2. The Morgan fingerprint density at radius 3 is 2.48 bits per heavy atom. The zero-order chi connectivity index (χ0) is 20.4. The van der Waals surface area contributed by atoms with E-state index in [1.165, 1.54) is 0 Å². The minimum Gasteiger partial charge on any atom is -0.337 e. The van der Waals surface area contributed by atoms with Gasteiger partial charge in [-0.2, -0.15) is 5.10 Å². The normalized spacial score (nSPS) is 18.2. The quantitative estimate of drug-likeness (QED) is 0.864. The Hall–Kier alpha value is -2.67. The lowest BCUT2D eigenvalue weighted by Gasteiger charge is -2.23. The number of hydrogen-bond acceptors (Lipinski definition) is 4. The van der Waals surface area contributed by atoms with E-state index in [-0.39, 0.29) is 17.7 Å². The van der Waals surface area contributed by atoms with E-state index in [0.717, 1.165) is 68.9 Å². The second kappa shape index (κ2) is 8.37. The van der Waals surface area contributed by atoms with Crippen LogP contribution in [0.25, 0.3) is 5.69 Å². The van der Waals surface area contributed by atoms with Gasteiger partial charge in [0.25, 0.3) is 5.91 Å². The molecule has 1 aromatic carbocycles. The number of hydrogen-bond donors (Lipinski definition) is 1. The molecule has 2 amide bonds. The van der Waals surface area contributed by atoms with Crippen molar-refractivity contribution in [2.45, 2.75) is 32.6 Å². The van der Waals surface area contributed by atoms with Gasteiger partial charge in [0, 0.05) is 31.1 Å². The third-order valence-electron chi connectivity index (χ3n) is 6.02. The predicted molar refractivity (Wildman–Crippen MR) is 112 cm³/mol. The van der Waals surface area contributed by atoms with Crippen LogP contribution in [0.3, 0.4) is 0 Å². The lowest BCUT2D eigenvalue weighted by molar-refractivity contribution is -0.122. The molecule has 154 valence electrons. The molecule has 4 rings (SSSR count). The monoisotopic (exact) mass is 395 g/mol. The molecule has 1 N–H and O–H groups in total. The van der Waals surface area contributed by atoms with Crippen LogP contribution >= 0.6 is 0 Å². The average molecular weight is 396 g/mol. The van der Waals surface area contributed by atoms with E-state index in [2.05, 4.69) is 22.4 Å². The van der Waals surface area contributed by atoms with Crippen molar-refractivity contribution < 1.29 is 9.59 Å². The average Bonchev–Trinajstić information content (AvgIpc) is 2.88. The van der Waals surface area contributed by atoms with Gasteiger partial charge < -0.3 is 15.1 Å². The highest BCUT2D eigenvalue weighted by molar-refractivity contribution is 5.94. The van der Waals surface area contributed by atoms with Crippen LogP contribution in [0.1, 0.15) is 41.7 Å². The summed E-state index contributed by atoms with van der Waals surface area (Å²) in [4.78, 5) is 29.2. The number of aromatic nitrogens is 2. The standard InChI is InChI=1S/C22H29N5O2/c1-16-20(23-21(28)17-5-3-6-17)15-27(24-16)19-9-7-18(8-10-19)22(29)26-12-4-11-25(2)13-14-26/h7-10,15,17H,3-6,11-14H2,1-2H3,(H,23,28). The second-order valence-electron chi connectivity index (χ2n) is 8.19. The molecular weight excluding hydrogens is 366 g/mol. The Labute approximate surface area is 171 Å². The molecule has 2 aliphatic rings. The summed E-state index contributed by atoms with van der Waals surface area (Å²) in [5.74, 6) is 0.307. The molecule has 0 spiro atoms. The molecule has 1 aromatic heterocycles. The number of carbonyl (C=O) groups excluding carboxylic acids is 2. The van der Waals surface area contributed by atoms with Crippen LogP contribution in [0.2, 0.25) is 0 Å². The number of aryl methyl sites for hydroxylation is 1. The molecule has 1 aliphatic carbocycles. The first-order valence-electron chi connectivity index (χ1n) is 10.5. The zero-order valence-corrected chi connectivity index (χ0v) is 17.2. The molecule has 1 saturated heterocycles. The summed E-state index contributed by atoms with van der Waals surface area (Å²) >= 11 is 0. The van der Waals surface area contributed by atoms with Gasteiger partial charge in [0.05, 0.1) is 23.3 Å². The van der Waals surface area contributed by atoms with Crippen molar-refractivity contribution in [2.75, 3.05) is 38.5 Å². The van der Waals surface area contributed by atoms with E-state index in [0.29, 0.717) is 5.56 Å². The van der Waals surface area contributed by atoms with Crippen molar-refractivity contribution in [3.63, 3.8) is 0 Å². The van der Waals surface area contributed by atoms with Gasteiger partial charge in [-0.25, -0.2) is 4.68 Å². The molecule has 7 heteroatoms. The maximum absolute atomic E-state index is 12.8. The summed E-state index contributed by atoms with van der Waals surface area (Å²) in [6.07, 6.45) is 5.93. The maximum Gasteiger partial charge on any atom is 0.253 e. The Balaban J connectivity index is 1.44. The zero-order valence-electron chi connectivity index (χ0n) is 17.2. The van der Waals surface area contributed by atoms with Crippen molar-refractivity contribution in [3.8, 4) is 5.69 Å². The first-order chi connectivity index (χ1) is 14.0. The fourth-order valence-electron chi connectivity index (χ4n) is 3.81. The molecule has 7 nitrogen and oxygen atoms in total. The topological polar surface area (TPSA) is 70.5 Å². The largest absolute Gasteiger partial charge is 0.337 e. The van der Waals surface area contributed by atoms with E-state index >= 15 is 0 Å². The molecule has 29 heavy (non-hydrogen) atoms. The van der Waals surface area contributed by atoms with Crippen molar-refractivity contribution in [1.82, 2.24) is 19.6 Å². The Morgan fingerprint density at radius 2 is 1.79 bits per heavy atom. The number of rotatable bonds is 4. The van der Waals surface area contributed by atoms with Crippen molar-refractivity contribution in [2.24, 2.45) is 5.92 Å². The number of benzene rings is 1. The fraction of sp³-hybridized carbons (Fsp3) is 0.500. The van der Waals surface area contributed by atoms with E-state index in [1.807, 2.05) is 42.3 Å². The number of nitrogens with one attached hydrogen (secondary N) is 1. The molecular formula is C22H29N5O2. The third kappa shape index (κ3) is 4.34. The second-order valence-corrected chi connectivity index (χ2v) is 8.19. The molecule has 2 heterocycles. The third-order valence-corrected chi connectivity index (χ3v) is 6.02. The molecule has 1 saturated carbocycles. The lowest BCUT2D eigenvalue weighted by Crippen LogP contribution is -2.34. The van der Waals surface area contributed by atoms with Crippen LogP contribution in [0, 0.1) is 12.8 Å². The van der Waals surface area contributed by atoms with E-state index < -0.39 is 0 Å². The van der Waals surface area contributed by atoms with Crippen molar-refractivity contribution in [1.29, 1.82) is 0 Å². The Kier molecular flexibility index (Phi) is 5.67. The van der Waals surface area contributed by atoms with Crippen LogP contribution < -0.4 is 5.32 Å². The summed E-state index contributed by atoms with van der Waals surface area (Å²) in [6.45, 7) is 5.39. The van der Waals surface area contributed by atoms with E-state index in [1.54, 1.807) is 4.68 Å². The summed E-state index contributed by atoms with van der Waals surface area (Å²) in [5.41, 5.74) is 3.09. The van der Waals surface area contributed by atoms with Gasteiger partial charge in [-0.3, -0.25) is 9.59 Å². The molecule has 0 radical (unpaired) electrons. The number of anilines is 1. The Bertz CT molecular complexity index is 885. The maximum atomic E-state index is 12.8. The van der Waals surface area contributed by atoms with E-state index in [9.17, 15) is 9.59 Å². The SMILES string of the molecule is Cc1nn(-c2ccc(C(=O)N3CCCN(C)CC3)cc2)cc1NC(=O)C1CCC1. The summed E-state index contributed by atoms with van der Waals surface area (Å²) in [6, 6.07) is 7.52. The minimum absolute atomic E-state index is 0.0805. The molecule has 0 unspecified atom stereocenters. The minimum atomic E-state index is 0.0805. The molecule has 2 aromatic rings. The Morgan fingerprint density at radius 1 is 1.03 bits per heavy atom. The van der Waals surface area contributed by atoms with Crippen LogP contribution in [0.4, 0.5) is 5.69 Å². The first-order valence-corrected chi connectivity index (χ1v) is 10.5. The number of nitrogens with zero attached hydrogens (tertiary/aromatic N) is 4. The number of likely N-dealkylation sites (N-methyl/N-ethyl adjacent to an activating group) is 1.